The lowest BCUT2D eigenvalue weighted by Crippen LogP contribution is -2.73. The molecule has 0 fully saturated rings. The van der Waals surface area contributed by atoms with E-state index in [2.05, 4.69) is 29.6 Å². The fourth-order valence-corrected chi connectivity index (χ4v) is 3.83. The van der Waals surface area contributed by atoms with Gasteiger partial charge in [0.25, 0.3) is 0 Å². The summed E-state index contributed by atoms with van der Waals surface area (Å²) in [7, 11) is -1.09. The van der Waals surface area contributed by atoms with Crippen LogP contribution in [0.1, 0.15) is 11.3 Å². The van der Waals surface area contributed by atoms with Crippen molar-refractivity contribution in [2.75, 3.05) is 13.3 Å². The Morgan fingerprint density at radius 3 is 2.50 bits per heavy atom. The van der Waals surface area contributed by atoms with E-state index in [9.17, 15) is 5.11 Å². The summed E-state index contributed by atoms with van der Waals surface area (Å²) < 4.78 is 11.8. The number of nitrogens with one attached hydrogen (secondary N) is 1. The van der Waals surface area contributed by atoms with Crippen molar-refractivity contribution in [2.24, 2.45) is 5.73 Å². The normalized spacial score (nSPS) is 12.6. The SMILES string of the molecule is C[Si](C)(C)CCOC/[NH+]=C(/C=C\N)c1ccc(Oc2ccc3nc(CO)ccc3c2)cc1. The van der Waals surface area contributed by atoms with E-state index in [1.54, 1.807) is 0 Å². The molecule has 0 amide bonds. The fraction of sp³-hybridized carbons (Fsp3) is 0.280. The molecule has 0 radical (unpaired) electrons. The average Bonchev–Trinajstić information content (AvgIpc) is 2.77. The van der Waals surface area contributed by atoms with Gasteiger partial charge in [0, 0.05) is 31.3 Å². The molecule has 168 valence electrons. The van der Waals surface area contributed by atoms with Gasteiger partial charge >= 0.3 is 0 Å². The molecular weight excluding hydrogens is 418 g/mol. The third-order valence-corrected chi connectivity index (χ3v) is 6.61. The predicted molar refractivity (Wildman–Crippen MR) is 132 cm³/mol. The first-order valence-corrected chi connectivity index (χ1v) is 14.4. The summed E-state index contributed by atoms with van der Waals surface area (Å²) in [6.07, 6.45) is 3.34. The van der Waals surface area contributed by atoms with E-state index in [0.717, 1.165) is 46.3 Å². The minimum absolute atomic E-state index is 0.0711. The second kappa shape index (κ2) is 11.0. The summed E-state index contributed by atoms with van der Waals surface area (Å²) in [6.45, 7) is 8.14. The van der Waals surface area contributed by atoms with Crippen LogP contribution < -0.4 is 15.5 Å². The number of rotatable bonds is 10. The molecule has 1 aromatic heterocycles. The molecule has 0 saturated carbocycles. The molecule has 0 saturated heterocycles. The maximum Gasteiger partial charge on any atom is 0.246 e. The standard InChI is InChI=1S/C25H31N3O3Si/c1-32(2,3)15-14-30-18-27-24(12-13-26)19-5-8-22(9-6-19)31-23-10-11-25-20(16-23)4-7-21(17-29)28-25/h4-13,16,29H,14-15,17-18,26H2,1-3H3/p+1/b13-12-,27-24-. The highest BCUT2D eigenvalue weighted by molar-refractivity contribution is 6.76. The second-order valence-corrected chi connectivity index (χ2v) is 14.4. The predicted octanol–water partition coefficient (Wildman–Crippen LogP) is 3.17. The molecule has 3 rings (SSSR count). The lowest BCUT2D eigenvalue weighted by atomic mass is 10.1. The maximum absolute atomic E-state index is 9.23. The zero-order chi connectivity index (χ0) is 23.0. The Bertz CT molecular complexity index is 1090. The first-order valence-electron chi connectivity index (χ1n) is 10.7. The summed E-state index contributed by atoms with van der Waals surface area (Å²) in [5.74, 6) is 1.46. The number of ether oxygens (including phenoxy) is 2. The Hall–Kier alpha value is -3.00. The number of pyridine rings is 1. The van der Waals surface area contributed by atoms with Crippen LogP contribution >= 0.6 is 0 Å². The lowest BCUT2D eigenvalue weighted by molar-refractivity contribution is -0.506. The number of hydrogen-bond donors (Lipinski definition) is 3. The monoisotopic (exact) mass is 450 g/mol. The van der Waals surface area contributed by atoms with Crippen molar-refractivity contribution in [3.63, 3.8) is 0 Å². The summed E-state index contributed by atoms with van der Waals surface area (Å²) in [6, 6.07) is 18.4. The van der Waals surface area contributed by atoms with Crippen molar-refractivity contribution in [3.05, 3.63) is 78.1 Å². The topological polar surface area (TPSA) is 91.6 Å². The van der Waals surface area contributed by atoms with Gasteiger partial charge in [0.15, 0.2) is 0 Å². The van der Waals surface area contributed by atoms with Gasteiger partial charge in [-0.25, -0.2) is 4.99 Å². The molecule has 0 bridgehead atoms. The van der Waals surface area contributed by atoms with Crippen molar-refractivity contribution >= 4 is 24.7 Å². The van der Waals surface area contributed by atoms with Crippen LogP contribution in [0.3, 0.4) is 0 Å². The van der Waals surface area contributed by atoms with Crippen LogP contribution in [0.4, 0.5) is 0 Å². The van der Waals surface area contributed by atoms with Crippen LogP contribution in [0.25, 0.3) is 10.9 Å². The quantitative estimate of drug-likeness (QED) is 0.191. The molecule has 0 aliphatic carbocycles. The van der Waals surface area contributed by atoms with E-state index in [-0.39, 0.29) is 6.61 Å². The Labute approximate surface area is 190 Å². The van der Waals surface area contributed by atoms with Crippen molar-refractivity contribution < 1.29 is 19.6 Å². The fourth-order valence-electron chi connectivity index (χ4n) is 3.07. The minimum Gasteiger partial charge on any atom is -0.457 e. The van der Waals surface area contributed by atoms with Gasteiger partial charge in [0.05, 0.1) is 24.4 Å². The molecule has 2 aromatic carbocycles. The van der Waals surface area contributed by atoms with Crippen molar-refractivity contribution in [2.45, 2.75) is 32.3 Å². The largest absolute Gasteiger partial charge is 0.457 e. The number of nitrogens with zero attached hydrogens (tertiary/aromatic N) is 1. The second-order valence-electron chi connectivity index (χ2n) is 8.75. The molecule has 0 aliphatic rings. The Kier molecular flexibility index (Phi) is 8.16. The Balaban J connectivity index is 1.66. The van der Waals surface area contributed by atoms with E-state index >= 15 is 0 Å². The molecule has 32 heavy (non-hydrogen) atoms. The summed E-state index contributed by atoms with van der Waals surface area (Å²) in [5, 5.41) is 10.2. The van der Waals surface area contributed by atoms with Gasteiger partial charge in [-0.3, -0.25) is 4.98 Å². The number of allylic oxidation sites excluding steroid dienone is 1. The Morgan fingerprint density at radius 1 is 1.06 bits per heavy atom. The zero-order valence-corrected chi connectivity index (χ0v) is 20.0. The minimum atomic E-state index is -1.09. The third kappa shape index (κ3) is 7.02. The molecule has 0 atom stereocenters. The molecule has 1 heterocycles. The van der Waals surface area contributed by atoms with Crippen LogP contribution in [-0.2, 0) is 11.3 Å². The summed E-state index contributed by atoms with van der Waals surface area (Å²) in [4.78, 5) is 7.70. The van der Waals surface area contributed by atoms with Gasteiger partial charge in [-0.15, -0.1) is 0 Å². The third-order valence-electron chi connectivity index (χ3n) is 4.91. The van der Waals surface area contributed by atoms with Gasteiger partial charge in [0.1, 0.15) is 11.5 Å². The van der Waals surface area contributed by atoms with E-state index in [0.29, 0.717) is 12.4 Å². The van der Waals surface area contributed by atoms with Gasteiger partial charge < -0.3 is 20.3 Å². The number of aromatic nitrogens is 1. The first kappa shape index (κ1) is 23.7. The molecule has 4 N–H and O–H groups in total. The van der Waals surface area contributed by atoms with Crippen LogP contribution in [0, 0.1) is 0 Å². The maximum atomic E-state index is 9.23. The van der Waals surface area contributed by atoms with Crippen molar-refractivity contribution in [3.8, 4) is 11.5 Å². The van der Waals surface area contributed by atoms with Crippen LogP contribution in [-0.4, -0.2) is 37.2 Å². The van der Waals surface area contributed by atoms with Gasteiger partial charge in [-0.2, -0.15) is 0 Å². The molecule has 0 spiro atoms. The van der Waals surface area contributed by atoms with E-state index < -0.39 is 8.07 Å². The number of nitrogens with two attached hydrogens (primary N) is 1. The van der Waals surface area contributed by atoms with Gasteiger partial charge in [-0.1, -0.05) is 25.7 Å². The zero-order valence-electron chi connectivity index (χ0n) is 19.0. The highest BCUT2D eigenvalue weighted by atomic mass is 28.3. The lowest BCUT2D eigenvalue weighted by Gasteiger charge is -2.13. The molecular formula is C25H32N3O3Si+. The number of benzene rings is 2. The van der Waals surface area contributed by atoms with E-state index in [1.807, 2.05) is 60.7 Å². The molecule has 0 aliphatic heterocycles. The number of fused-ring (bicyclic) bond motifs is 1. The summed E-state index contributed by atoms with van der Waals surface area (Å²) in [5.41, 5.74) is 8.99. The summed E-state index contributed by atoms with van der Waals surface area (Å²) >= 11 is 0. The highest BCUT2D eigenvalue weighted by Crippen LogP contribution is 2.25. The average molecular weight is 451 g/mol. The highest BCUT2D eigenvalue weighted by Gasteiger charge is 2.12. The van der Waals surface area contributed by atoms with Gasteiger partial charge in [0.2, 0.25) is 12.4 Å². The number of aliphatic hydroxyl groups is 1. The Morgan fingerprint density at radius 2 is 1.81 bits per heavy atom. The smallest absolute Gasteiger partial charge is 0.246 e. The number of hydrogen-bond acceptors (Lipinski definition) is 5. The molecule has 6 nitrogen and oxygen atoms in total. The van der Waals surface area contributed by atoms with Crippen LogP contribution in [0.2, 0.25) is 25.7 Å². The van der Waals surface area contributed by atoms with Crippen molar-refractivity contribution in [1.29, 1.82) is 0 Å². The van der Waals surface area contributed by atoms with E-state index in [1.165, 1.54) is 6.20 Å². The van der Waals surface area contributed by atoms with Gasteiger partial charge in [-0.05, 0) is 54.6 Å². The van der Waals surface area contributed by atoms with Crippen LogP contribution in [0.15, 0.2) is 66.9 Å². The first-order chi connectivity index (χ1) is 15.4. The van der Waals surface area contributed by atoms with Crippen molar-refractivity contribution in [1.82, 2.24) is 4.98 Å². The molecule has 7 heteroatoms. The molecule has 0 unspecified atom stereocenters. The molecule has 3 aromatic rings. The number of aliphatic hydroxyl groups excluding tert-OH is 1. The van der Waals surface area contributed by atoms with E-state index in [4.69, 9.17) is 15.2 Å². The van der Waals surface area contributed by atoms with Crippen LogP contribution in [0.5, 0.6) is 11.5 Å².